The highest BCUT2D eigenvalue weighted by Gasteiger charge is 2.23. The summed E-state index contributed by atoms with van der Waals surface area (Å²) in [6.07, 6.45) is 0. The van der Waals surface area contributed by atoms with Gasteiger partial charge in [-0.15, -0.1) is 0 Å². The fraction of sp³-hybridized carbons (Fsp3) is 0.222. The zero-order chi connectivity index (χ0) is 11.4. The molecule has 1 rings (SSSR count). The van der Waals surface area contributed by atoms with Crippen molar-refractivity contribution in [2.75, 3.05) is 6.61 Å². The first-order chi connectivity index (χ1) is 7.07. The zero-order valence-corrected chi connectivity index (χ0v) is 10.1. The molecule has 1 aromatic rings. The molecule has 6 heteroatoms. The van der Waals surface area contributed by atoms with Gasteiger partial charge in [0.2, 0.25) is 0 Å². The van der Waals surface area contributed by atoms with Gasteiger partial charge in [-0.1, -0.05) is 6.07 Å². The predicted molar refractivity (Wildman–Crippen MR) is 61.8 cm³/mol. The molecule has 0 heterocycles. The van der Waals surface area contributed by atoms with Gasteiger partial charge in [-0.05, 0) is 41.6 Å². The Hall–Kier alpha value is -1.18. The highest BCUT2D eigenvalue weighted by molar-refractivity contribution is 14.1. The van der Waals surface area contributed by atoms with Crippen LogP contribution in [0.25, 0.3) is 0 Å². The molecule has 0 fully saturated rings. The third-order valence-electron chi connectivity index (χ3n) is 1.66. The number of ether oxygens (including phenoxy) is 1. The molecule has 0 saturated heterocycles. The third-order valence-corrected chi connectivity index (χ3v) is 2.54. The van der Waals surface area contributed by atoms with E-state index in [-0.39, 0.29) is 17.9 Å². The summed E-state index contributed by atoms with van der Waals surface area (Å²) in [5.41, 5.74) is -0.203. The van der Waals surface area contributed by atoms with E-state index in [0.29, 0.717) is 3.57 Å². The number of hydrogen-bond donors (Lipinski definition) is 0. The van der Waals surface area contributed by atoms with E-state index in [1.54, 1.807) is 19.1 Å². The maximum Gasteiger partial charge on any atom is 0.345 e. The van der Waals surface area contributed by atoms with Gasteiger partial charge in [-0.25, -0.2) is 4.79 Å². The molecule has 0 unspecified atom stereocenters. The Labute approximate surface area is 99.7 Å². The molecule has 0 aliphatic carbocycles. The summed E-state index contributed by atoms with van der Waals surface area (Å²) in [6.45, 7) is 1.85. The first-order valence-electron chi connectivity index (χ1n) is 4.18. The van der Waals surface area contributed by atoms with Crippen LogP contribution in [0.4, 0.5) is 5.69 Å². The molecule has 0 aliphatic heterocycles. The maximum absolute atomic E-state index is 11.4. The van der Waals surface area contributed by atoms with Crippen molar-refractivity contribution in [3.8, 4) is 0 Å². The fourth-order valence-corrected chi connectivity index (χ4v) is 1.77. The lowest BCUT2D eigenvalue weighted by Crippen LogP contribution is -2.08. The summed E-state index contributed by atoms with van der Waals surface area (Å²) < 4.78 is 5.15. The topological polar surface area (TPSA) is 69.4 Å². The number of hydrogen-bond acceptors (Lipinski definition) is 4. The molecule has 0 spiro atoms. The number of benzene rings is 1. The van der Waals surface area contributed by atoms with E-state index in [4.69, 9.17) is 4.74 Å². The van der Waals surface area contributed by atoms with E-state index >= 15 is 0 Å². The van der Waals surface area contributed by atoms with Crippen LogP contribution in [0.1, 0.15) is 17.3 Å². The summed E-state index contributed by atoms with van der Waals surface area (Å²) in [5, 5.41) is 10.7. The molecule has 0 N–H and O–H groups in total. The number of nitro groups is 1. The number of esters is 1. The molecule has 0 bridgehead atoms. The van der Waals surface area contributed by atoms with Gasteiger partial charge >= 0.3 is 5.97 Å². The molecular formula is C9H8INO4. The Kier molecular flexibility index (Phi) is 4.01. The summed E-state index contributed by atoms with van der Waals surface area (Å²) >= 11 is 1.81. The molecule has 0 atom stereocenters. The van der Waals surface area contributed by atoms with Gasteiger partial charge in [0.25, 0.3) is 5.69 Å². The van der Waals surface area contributed by atoms with Gasteiger partial charge < -0.3 is 4.74 Å². The minimum Gasteiger partial charge on any atom is -0.462 e. The number of nitro benzene ring substituents is 1. The molecule has 80 valence electrons. The van der Waals surface area contributed by atoms with Gasteiger partial charge in [-0.3, -0.25) is 10.1 Å². The molecule has 0 radical (unpaired) electrons. The minimum atomic E-state index is -0.664. The van der Waals surface area contributed by atoms with Gasteiger partial charge in [0.1, 0.15) is 5.56 Å². The van der Waals surface area contributed by atoms with Crippen LogP contribution in [-0.2, 0) is 4.74 Å². The highest BCUT2D eigenvalue weighted by Crippen LogP contribution is 2.25. The number of rotatable bonds is 3. The van der Waals surface area contributed by atoms with Crippen LogP contribution in [0.2, 0.25) is 0 Å². The zero-order valence-electron chi connectivity index (χ0n) is 7.90. The number of carbonyl (C=O) groups is 1. The largest absolute Gasteiger partial charge is 0.462 e. The number of halogens is 1. The second kappa shape index (κ2) is 5.06. The monoisotopic (exact) mass is 321 g/mol. The molecule has 15 heavy (non-hydrogen) atoms. The van der Waals surface area contributed by atoms with E-state index < -0.39 is 10.9 Å². The van der Waals surface area contributed by atoms with Crippen LogP contribution in [0.3, 0.4) is 0 Å². The van der Waals surface area contributed by atoms with E-state index in [0.717, 1.165) is 0 Å². The van der Waals surface area contributed by atoms with Crippen LogP contribution in [0, 0.1) is 13.7 Å². The number of carbonyl (C=O) groups excluding carboxylic acids is 1. The molecule has 0 aromatic heterocycles. The first-order valence-corrected chi connectivity index (χ1v) is 5.25. The first kappa shape index (κ1) is 11.9. The SMILES string of the molecule is CCOC(=O)c1cccc(I)c1[N+](=O)[O-]. The Morgan fingerprint density at radius 2 is 2.27 bits per heavy atom. The van der Waals surface area contributed by atoms with Crippen molar-refractivity contribution < 1.29 is 14.5 Å². The molecule has 1 aromatic carbocycles. The van der Waals surface area contributed by atoms with E-state index in [1.165, 1.54) is 6.07 Å². The van der Waals surface area contributed by atoms with Crippen molar-refractivity contribution in [1.29, 1.82) is 0 Å². The van der Waals surface area contributed by atoms with Gasteiger partial charge in [0.15, 0.2) is 0 Å². The van der Waals surface area contributed by atoms with E-state index in [1.807, 2.05) is 22.6 Å². The van der Waals surface area contributed by atoms with E-state index in [2.05, 4.69) is 0 Å². The summed E-state index contributed by atoms with van der Waals surface area (Å²) in [4.78, 5) is 21.6. The fourth-order valence-electron chi connectivity index (χ4n) is 1.07. The van der Waals surface area contributed by atoms with Crippen molar-refractivity contribution >= 4 is 34.2 Å². The van der Waals surface area contributed by atoms with Crippen LogP contribution in [0.15, 0.2) is 18.2 Å². The van der Waals surface area contributed by atoms with Crippen molar-refractivity contribution in [2.45, 2.75) is 6.92 Å². The van der Waals surface area contributed by atoms with Crippen molar-refractivity contribution in [2.24, 2.45) is 0 Å². The lowest BCUT2D eigenvalue weighted by atomic mass is 10.2. The van der Waals surface area contributed by atoms with Crippen molar-refractivity contribution in [3.05, 3.63) is 37.4 Å². The molecule has 0 saturated carbocycles. The molecule has 0 aliphatic rings. The van der Waals surface area contributed by atoms with E-state index in [9.17, 15) is 14.9 Å². The van der Waals surface area contributed by atoms with Gasteiger partial charge in [0, 0.05) is 0 Å². The maximum atomic E-state index is 11.4. The Bertz CT molecular complexity index is 405. The normalized spacial score (nSPS) is 9.73. The second-order valence-electron chi connectivity index (χ2n) is 2.61. The van der Waals surface area contributed by atoms with Crippen molar-refractivity contribution in [1.82, 2.24) is 0 Å². The average Bonchev–Trinajstić information content (AvgIpc) is 2.17. The highest BCUT2D eigenvalue weighted by atomic mass is 127. The number of para-hydroxylation sites is 1. The smallest absolute Gasteiger partial charge is 0.345 e. The Morgan fingerprint density at radius 3 is 2.80 bits per heavy atom. The van der Waals surface area contributed by atoms with Crippen molar-refractivity contribution in [3.63, 3.8) is 0 Å². The van der Waals surface area contributed by atoms with Crippen LogP contribution in [-0.4, -0.2) is 17.5 Å². The summed E-state index contributed by atoms with van der Waals surface area (Å²) in [6, 6.07) is 4.54. The van der Waals surface area contributed by atoms with Crippen LogP contribution >= 0.6 is 22.6 Å². The second-order valence-corrected chi connectivity index (χ2v) is 3.78. The lowest BCUT2D eigenvalue weighted by Gasteiger charge is -2.03. The summed E-state index contributed by atoms with van der Waals surface area (Å²) in [7, 11) is 0. The molecule has 0 amide bonds. The Balaban J connectivity index is 3.23. The third kappa shape index (κ3) is 2.65. The standard InChI is InChI=1S/C9H8INO4/c1-2-15-9(12)6-4-3-5-7(10)8(6)11(13)14/h3-5H,2H2,1H3. The molecule has 5 nitrogen and oxygen atoms in total. The summed E-state index contributed by atoms with van der Waals surface area (Å²) in [5.74, 6) is -0.664. The lowest BCUT2D eigenvalue weighted by molar-refractivity contribution is -0.386. The molecular weight excluding hydrogens is 313 g/mol. The number of nitrogens with zero attached hydrogens (tertiary/aromatic N) is 1. The Morgan fingerprint density at radius 1 is 1.60 bits per heavy atom. The van der Waals surface area contributed by atoms with Gasteiger partial charge in [-0.2, -0.15) is 0 Å². The van der Waals surface area contributed by atoms with Crippen LogP contribution in [0.5, 0.6) is 0 Å². The quantitative estimate of drug-likeness (QED) is 0.371. The minimum absolute atomic E-state index is 0.00579. The van der Waals surface area contributed by atoms with Gasteiger partial charge in [0.05, 0.1) is 15.1 Å². The predicted octanol–water partition coefficient (Wildman–Crippen LogP) is 2.38. The average molecular weight is 321 g/mol. The van der Waals surface area contributed by atoms with Crippen LogP contribution < -0.4 is 0 Å².